The van der Waals surface area contributed by atoms with Gasteiger partial charge in [-0.3, -0.25) is 0 Å². The molecule has 12 N–H and O–H groups in total. The van der Waals surface area contributed by atoms with Gasteiger partial charge in [-0.15, -0.1) is 0 Å². The summed E-state index contributed by atoms with van der Waals surface area (Å²) >= 11 is 0. The summed E-state index contributed by atoms with van der Waals surface area (Å²) in [5.74, 6) is -0.603. The van der Waals surface area contributed by atoms with Crippen molar-refractivity contribution in [1.82, 2.24) is 0 Å². The zero-order valence-corrected chi connectivity index (χ0v) is 66.2. The van der Waals surface area contributed by atoms with Crippen LogP contribution in [0.4, 0.5) is 0 Å². The van der Waals surface area contributed by atoms with E-state index in [2.05, 4.69) is 13.8 Å². The molecule has 0 bridgehead atoms. The van der Waals surface area contributed by atoms with Crippen LogP contribution in [0.25, 0.3) is 0 Å². The van der Waals surface area contributed by atoms with E-state index in [1.165, 1.54) is 0 Å². The summed E-state index contributed by atoms with van der Waals surface area (Å²) in [4.78, 5) is 0. The number of phenols is 10. The van der Waals surface area contributed by atoms with Crippen LogP contribution in [-0.4, -0.2) is 61.3 Å². The molecule has 12 nitrogen and oxygen atoms in total. The SMILES string of the molecule is CC(CC(CC(c1ccc(O)cc1)(c1ccc(O)cc1)C(O)(c1ccccc1)c1ccccc1)c1ccc(O)cc1)(CC1(CC(C)(CC(CC(c2ccc(O)cc2)(c2ccc(O)cc2)C(O)(c2ccccc2)c2ccccc2)c2ccc(O)cc2)c2ccc(O)cc2)CCC(c2ccc(O)cc2)(c2ccc(O)cc2)CC1)c1ccc(O)cc1. The molecular formula is C106H100O12. The lowest BCUT2D eigenvalue weighted by Crippen LogP contribution is -2.52. The Labute approximate surface area is 690 Å². The Kier molecular flexibility index (Phi) is 22.4. The highest BCUT2D eigenvalue weighted by Gasteiger charge is 2.60. The van der Waals surface area contributed by atoms with Gasteiger partial charge in [-0.25, -0.2) is 0 Å². The minimum Gasteiger partial charge on any atom is -0.508 e. The van der Waals surface area contributed by atoms with Crippen molar-refractivity contribution in [3.8, 4) is 57.5 Å². The molecule has 1 saturated carbocycles. The van der Waals surface area contributed by atoms with Crippen LogP contribution in [0, 0.1) is 5.41 Å². The summed E-state index contributed by atoms with van der Waals surface area (Å²) in [6.07, 6.45) is 4.24. The zero-order chi connectivity index (χ0) is 82.5. The molecule has 0 saturated heterocycles. The Bertz CT molecular complexity index is 5110. The van der Waals surface area contributed by atoms with E-state index in [1.54, 1.807) is 121 Å². The van der Waals surface area contributed by atoms with Crippen LogP contribution in [0.3, 0.4) is 0 Å². The second-order valence-corrected chi connectivity index (χ2v) is 33.5. The highest BCUT2D eigenvalue weighted by Crippen LogP contribution is 2.65. The summed E-state index contributed by atoms with van der Waals surface area (Å²) in [5, 5.41) is 144. The summed E-state index contributed by atoms with van der Waals surface area (Å²) in [7, 11) is 0. The molecule has 12 heteroatoms. The summed E-state index contributed by atoms with van der Waals surface area (Å²) in [6, 6.07) is 111. The van der Waals surface area contributed by atoms with Crippen molar-refractivity contribution in [2.75, 3.05) is 0 Å². The van der Waals surface area contributed by atoms with Gasteiger partial charge in [0.25, 0.3) is 0 Å². The van der Waals surface area contributed by atoms with Crippen LogP contribution in [0.2, 0.25) is 0 Å². The molecule has 0 amide bonds. The van der Waals surface area contributed by atoms with Crippen molar-refractivity contribution in [3.05, 3.63) is 442 Å². The molecular weight excluding hydrogens is 1470 g/mol. The number of aromatic hydroxyl groups is 10. The number of phenolic OH excluding ortho intramolecular Hbond substituents is 10. The number of rotatable bonds is 28. The Morgan fingerprint density at radius 2 is 0.432 bits per heavy atom. The zero-order valence-electron chi connectivity index (χ0n) is 66.2. The van der Waals surface area contributed by atoms with E-state index >= 15 is 10.2 Å². The van der Waals surface area contributed by atoms with E-state index in [0.717, 1.165) is 33.4 Å². The smallest absolute Gasteiger partial charge is 0.128 e. The van der Waals surface area contributed by atoms with E-state index < -0.39 is 55.5 Å². The molecule has 4 atom stereocenters. The van der Waals surface area contributed by atoms with Crippen LogP contribution >= 0.6 is 0 Å². The van der Waals surface area contributed by atoms with Gasteiger partial charge in [0, 0.05) is 5.41 Å². The fourth-order valence-electron chi connectivity index (χ4n) is 20.8. The van der Waals surface area contributed by atoms with Gasteiger partial charge in [0.15, 0.2) is 0 Å². The predicted molar refractivity (Wildman–Crippen MR) is 464 cm³/mol. The van der Waals surface area contributed by atoms with E-state index in [0.29, 0.717) is 95.9 Å². The topological polar surface area (TPSA) is 243 Å². The second-order valence-electron chi connectivity index (χ2n) is 33.5. The molecule has 0 heterocycles. The predicted octanol–water partition coefficient (Wildman–Crippen LogP) is 22.3. The van der Waals surface area contributed by atoms with Gasteiger partial charge in [-0.1, -0.05) is 257 Å². The van der Waals surface area contributed by atoms with Gasteiger partial charge in [0.05, 0.1) is 10.8 Å². The van der Waals surface area contributed by atoms with Gasteiger partial charge in [0.2, 0.25) is 0 Å². The molecule has 0 radical (unpaired) electrons. The molecule has 14 aromatic carbocycles. The first-order valence-corrected chi connectivity index (χ1v) is 40.5. The third kappa shape index (κ3) is 15.5. The quantitative estimate of drug-likeness (QED) is 0.0219. The molecule has 4 unspecified atom stereocenters. The van der Waals surface area contributed by atoms with Crippen molar-refractivity contribution in [3.63, 3.8) is 0 Å². The first-order valence-electron chi connectivity index (χ1n) is 40.5. The van der Waals surface area contributed by atoms with Crippen molar-refractivity contribution < 1.29 is 61.3 Å². The maximum atomic E-state index is 15.2. The van der Waals surface area contributed by atoms with Crippen molar-refractivity contribution >= 4 is 0 Å². The monoisotopic (exact) mass is 1560 g/mol. The molecule has 1 fully saturated rings. The fraction of sp³-hybridized carbons (Fsp3) is 0.208. The molecule has 0 aliphatic heterocycles. The lowest BCUT2D eigenvalue weighted by atomic mass is 9.49. The molecule has 596 valence electrons. The number of benzene rings is 14. The first kappa shape index (κ1) is 80.2. The summed E-state index contributed by atoms with van der Waals surface area (Å²) in [5.41, 5.74) is 0.170. The highest BCUT2D eigenvalue weighted by molar-refractivity contribution is 5.59. The lowest BCUT2D eigenvalue weighted by Gasteiger charge is -2.55. The lowest BCUT2D eigenvalue weighted by molar-refractivity contribution is -0.00133. The summed E-state index contributed by atoms with van der Waals surface area (Å²) in [6.45, 7) is 4.63. The average Bonchev–Trinajstić information content (AvgIpc) is 0.708. The Hall–Kier alpha value is -13.0. The molecule has 0 spiro atoms. The Morgan fingerprint density at radius 1 is 0.229 bits per heavy atom. The first-order chi connectivity index (χ1) is 56.9. The number of aliphatic hydroxyl groups is 2. The van der Waals surface area contributed by atoms with Gasteiger partial charge < -0.3 is 61.3 Å². The van der Waals surface area contributed by atoms with Crippen molar-refractivity contribution in [2.24, 2.45) is 5.41 Å². The molecule has 1 aliphatic carbocycles. The molecule has 1 aliphatic rings. The second kappa shape index (κ2) is 32.9. The Morgan fingerprint density at radius 3 is 0.661 bits per heavy atom. The Balaban J connectivity index is 0.985. The molecule has 0 aromatic heterocycles. The normalized spacial score (nSPS) is 15.2. The van der Waals surface area contributed by atoms with E-state index in [-0.39, 0.29) is 70.3 Å². The minimum atomic E-state index is -1.94. The van der Waals surface area contributed by atoms with Crippen LogP contribution in [-0.2, 0) is 38.3 Å². The van der Waals surface area contributed by atoms with E-state index in [4.69, 9.17) is 0 Å². The fourth-order valence-corrected chi connectivity index (χ4v) is 20.8. The maximum absolute atomic E-state index is 15.2. The van der Waals surface area contributed by atoms with Gasteiger partial charge in [-0.2, -0.15) is 0 Å². The standard InChI is InChI=1S/C106H100O12/c1-99(77-27-47-91(109)48-28-77,67-75(73-23-43-89(107)44-24-73)69-103(81-35-55-95(113)56-36-81,82-37-57-96(114)58-38-82)105(117,85-15-7-3-8-16-85)86-17-9-4-10-18-86)71-101(63-65-102(66-64-101,79-31-51-93(111)52-32-79)80-33-53-94(112)54-34-80)72-100(2,78-29-49-92(110)50-30-78)68-76(74-25-45-90(108)46-26-74)70-104(83-39-59-97(115)60-40-83,84-41-61-98(116)62-42-84)106(118,87-19-11-5-12-20-87)88-21-13-6-14-22-88/h3-62,75-76,107-118H,63-72H2,1-2H3. The maximum Gasteiger partial charge on any atom is 0.128 e. The summed E-state index contributed by atoms with van der Waals surface area (Å²) < 4.78 is 0. The molecule has 15 rings (SSSR count). The largest absolute Gasteiger partial charge is 0.508 e. The van der Waals surface area contributed by atoms with Crippen LogP contribution in [0.1, 0.15) is 168 Å². The van der Waals surface area contributed by atoms with Gasteiger partial charge in [-0.05, 0) is 292 Å². The third-order valence-electron chi connectivity index (χ3n) is 26.3. The minimum absolute atomic E-state index is 0.0162. The van der Waals surface area contributed by atoms with E-state index in [9.17, 15) is 51.1 Å². The highest BCUT2D eigenvalue weighted by atomic mass is 16.3. The molecule has 14 aromatic rings. The van der Waals surface area contributed by atoms with Crippen LogP contribution < -0.4 is 0 Å². The average molecular weight is 1570 g/mol. The van der Waals surface area contributed by atoms with Gasteiger partial charge >= 0.3 is 0 Å². The van der Waals surface area contributed by atoms with E-state index in [1.807, 2.05) is 243 Å². The van der Waals surface area contributed by atoms with Crippen molar-refractivity contribution in [1.29, 1.82) is 0 Å². The third-order valence-corrected chi connectivity index (χ3v) is 26.3. The van der Waals surface area contributed by atoms with Crippen LogP contribution in [0.5, 0.6) is 57.5 Å². The van der Waals surface area contributed by atoms with Gasteiger partial charge in [0.1, 0.15) is 68.7 Å². The molecule has 118 heavy (non-hydrogen) atoms. The van der Waals surface area contributed by atoms with Crippen LogP contribution in [0.15, 0.2) is 364 Å². The van der Waals surface area contributed by atoms with Crippen molar-refractivity contribution in [2.45, 2.75) is 128 Å². The number of hydrogen-bond donors (Lipinski definition) is 12. The number of hydrogen-bond acceptors (Lipinski definition) is 12.